The second kappa shape index (κ2) is 5.33. The van der Waals surface area contributed by atoms with Gasteiger partial charge in [0.15, 0.2) is 0 Å². The lowest BCUT2D eigenvalue weighted by atomic mass is 10.1. The summed E-state index contributed by atoms with van der Waals surface area (Å²) in [5, 5.41) is 1.41. The highest BCUT2D eigenvalue weighted by Gasteiger charge is 2.27. The average molecular weight is 353 g/mol. The lowest BCUT2D eigenvalue weighted by Gasteiger charge is -2.33. The number of hydrogen-bond acceptors (Lipinski definition) is 2. The van der Waals surface area contributed by atoms with E-state index in [2.05, 4.69) is 27.5 Å². The lowest BCUT2D eigenvalue weighted by Crippen LogP contribution is -2.50. The van der Waals surface area contributed by atoms with Crippen molar-refractivity contribution >= 4 is 40.3 Å². The van der Waals surface area contributed by atoms with Gasteiger partial charge in [-0.25, -0.2) is 0 Å². The predicted molar refractivity (Wildman–Crippen MR) is 74.1 cm³/mol. The topological polar surface area (TPSA) is 32.3 Å². The summed E-state index contributed by atoms with van der Waals surface area (Å²) in [5.41, 5.74) is 0.267. The fourth-order valence-electron chi connectivity index (χ4n) is 1.22. The fourth-order valence-corrected chi connectivity index (χ4v) is 2.17. The van der Waals surface area contributed by atoms with E-state index in [4.69, 9.17) is 11.8 Å². The van der Waals surface area contributed by atoms with Crippen molar-refractivity contribution in [2.45, 2.75) is 26.3 Å². The van der Waals surface area contributed by atoms with Crippen LogP contribution in [0.1, 0.15) is 31.1 Å². The van der Waals surface area contributed by atoms with Crippen LogP contribution < -0.4 is 4.94 Å². The number of halogens is 2. The van der Waals surface area contributed by atoms with Crippen molar-refractivity contribution < 1.29 is 4.79 Å². The van der Waals surface area contributed by atoms with Gasteiger partial charge < -0.3 is 0 Å². The number of benzene rings is 1. The third-order valence-electron chi connectivity index (χ3n) is 2.06. The zero-order valence-corrected chi connectivity index (χ0v) is 12.3. The van der Waals surface area contributed by atoms with E-state index >= 15 is 0 Å². The highest BCUT2D eigenvalue weighted by atomic mass is 127. The standard InChI is InChI=1S/C11H14ClIN2O/c1-11(2,3)15(14-12)10(16)8-6-4-5-7-9(8)13/h4-7,14H,1-3H3. The molecule has 1 aromatic carbocycles. The molecule has 88 valence electrons. The van der Waals surface area contributed by atoms with E-state index in [9.17, 15) is 4.79 Å². The summed E-state index contributed by atoms with van der Waals surface area (Å²) in [6.45, 7) is 5.74. The van der Waals surface area contributed by atoms with E-state index in [0.29, 0.717) is 5.56 Å². The molecule has 0 spiro atoms. The molecule has 5 heteroatoms. The zero-order valence-electron chi connectivity index (χ0n) is 9.42. The summed E-state index contributed by atoms with van der Waals surface area (Å²) in [5.74, 6) is -0.132. The van der Waals surface area contributed by atoms with Crippen LogP contribution in [0.2, 0.25) is 0 Å². The van der Waals surface area contributed by atoms with Gasteiger partial charge in [-0.1, -0.05) is 12.1 Å². The quantitative estimate of drug-likeness (QED) is 0.504. The Balaban J connectivity index is 3.06. The van der Waals surface area contributed by atoms with Crippen molar-refractivity contribution in [1.82, 2.24) is 9.95 Å². The molecule has 0 aromatic heterocycles. The Bertz CT molecular complexity index is 390. The molecular weight excluding hydrogens is 338 g/mol. The van der Waals surface area contributed by atoms with Crippen LogP contribution in [0.4, 0.5) is 0 Å². The number of carbonyl (C=O) groups excluding carboxylic acids is 1. The Morgan fingerprint density at radius 3 is 2.38 bits per heavy atom. The number of rotatable bonds is 2. The molecule has 0 aliphatic rings. The lowest BCUT2D eigenvalue weighted by molar-refractivity contribution is 0.0514. The summed E-state index contributed by atoms with van der Waals surface area (Å²) in [6, 6.07) is 7.42. The van der Waals surface area contributed by atoms with E-state index < -0.39 is 0 Å². The van der Waals surface area contributed by atoms with E-state index in [0.717, 1.165) is 3.57 Å². The van der Waals surface area contributed by atoms with Gasteiger partial charge in [-0.3, -0.25) is 9.80 Å². The molecule has 0 saturated carbocycles. The number of amides is 1. The first kappa shape index (κ1) is 13.7. The van der Waals surface area contributed by atoms with Gasteiger partial charge in [-0.15, -0.1) is 4.94 Å². The predicted octanol–water partition coefficient (Wildman–Crippen LogP) is 3.19. The van der Waals surface area contributed by atoms with Gasteiger partial charge in [-0.2, -0.15) is 0 Å². The molecule has 3 nitrogen and oxygen atoms in total. The monoisotopic (exact) mass is 352 g/mol. The van der Waals surface area contributed by atoms with Crippen molar-refractivity contribution in [1.29, 1.82) is 0 Å². The fraction of sp³-hybridized carbons (Fsp3) is 0.364. The summed E-state index contributed by atoms with van der Waals surface area (Å²) in [4.78, 5) is 14.6. The Hall–Kier alpha value is -0.330. The van der Waals surface area contributed by atoms with E-state index in [1.165, 1.54) is 5.01 Å². The van der Waals surface area contributed by atoms with Crippen LogP contribution in [0.15, 0.2) is 24.3 Å². The third kappa shape index (κ3) is 3.09. The maximum absolute atomic E-state index is 12.2. The molecule has 0 aliphatic carbocycles. The molecule has 0 radical (unpaired) electrons. The first-order chi connectivity index (χ1) is 7.38. The van der Waals surface area contributed by atoms with Crippen LogP contribution in [-0.4, -0.2) is 16.5 Å². The first-order valence-electron chi connectivity index (χ1n) is 4.83. The number of carbonyl (C=O) groups is 1. The number of nitrogens with one attached hydrogen (secondary N) is 1. The van der Waals surface area contributed by atoms with Crippen LogP contribution in [0.5, 0.6) is 0 Å². The van der Waals surface area contributed by atoms with Crippen LogP contribution in [0, 0.1) is 3.57 Å². The maximum atomic E-state index is 12.2. The van der Waals surface area contributed by atoms with Crippen LogP contribution in [-0.2, 0) is 0 Å². The molecule has 0 aliphatic heterocycles. The largest absolute Gasteiger partial charge is 0.270 e. The van der Waals surface area contributed by atoms with Crippen molar-refractivity contribution in [3.05, 3.63) is 33.4 Å². The second-order valence-electron chi connectivity index (χ2n) is 4.38. The molecule has 1 amide bonds. The van der Waals surface area contributed by atoms with Gasteiger partial charge in [0.05, 0.1) is 11.1 Å². The van der Waals surface area contributed by atoms with Crippen molar-refractivity contribution in [2.75, 3.05) is 0 Å². The Kier molecular flexibility index (Phi) is 4.58. The van der Waals surface area contributed by atoms with Gasteiger partial charge >= 0.3 is 0 Å². The molecule has 1 rings (SSSR count). The van der Waals surface area contributed by atoms with E-state index in [1.807, 2.05) is 39.0 Å². The highest BCUT2D eigenvalue weighted by Crippen LogP contribution is 2.19. The number of hydrogen-bond donors (Lipinski definition) is 1. The van der Waals surface area contributed by atoms with Gasteiger partial charge in [0.1, 0.15) is 0 Å². The van der Waals surface area contributed by atoms with Crippen molar-refractivity contribution in [3.63, 3.8) is 0 Å². The van der Waals surface area contributed by atoms with Gasteiger partial charge in [0.25, 0.3) is 5.91 Å². The zero-order chi connectivity index (χ0) is 12.3. The Morgan fingerprint density at radius 2 is 1.94 bits per heavy atom. The van der Waals surface area contributed by atoms with Crippen molar-refractivity contribution in [3.8, 4) is 0 Å². The third-order valence-corrected chi connectivity index (χ3v) is 3.17. The summed E-state index contributed by atoms with van der Waals surface area (Å²) >= 11 is 7.74. The second-order valence-corrected chi connectivity index (χ2v) is 5.71. The summed E-state index contributed by atoms with van der Waals surface area (Å²) < 4.78 is 0.909. The summed E-state index contributed by atoms with van der Waals surface area (Å²) in [7, 11) is 0. The molecule has 1 N–H and O–H groups in total. The Morgan fingerprint density at radius 1 is 1.38 bits per heavy atom. The molecule has 0 bridgehead atoms. The maximum Gasteiger partial charge on any atom is 0.270 e. The number of nitrogens with zero attached hydrogens (tertiary/aromatic N) is 1. The average Bonchev–Trinajstić information content (AvgIpc) is 2.17. The van der Waals surface area contributed by atoms with Crippen LogP contribution in [0.25, 0.3) is 0 Å². The number of hydrazine groups is 1. The molecule has 0 atom stereocenters. The van der Waals surface area contributed by atoms with Gasteiger partial charge in [-0.05, 0) is 67.3 Å². The molecular formula is C11H14ClIN2O. The smallest absolute Gasteiger partial charge is 0.268 e. The molecule has 0 fully saturated rings. The summed E-state index contributed by atoms with van der Waals surface area (Å²) in [6.07, 6.45) is 0. The molecule has 1 aromatic rings. The van der Waals surface area contributed by atoms with E-state index in [-0.39, 0.29) is 11.4 Å². The Labute approximate surface area is 114 Å². The van der Waals surface area contributed by atoms with E-state index in [1.54, 1.807) is 6.07 Å². The normalized spacial score (nSPS) is 11.3. The minimum absolute atomic E-state index is 0.132. The molecule has 0 unspecified atom stereocenters. The minimum Gasteiger partial charge on any atom is -0.268 e. The molecule has 16 heavy (non-hydrogen) atoms. The molecule has 0 heterocycles. The minimum atomic E-state index is -0.377. The van der Waals surface area contributed by atoms with Gasteiger partial charge in [0.2, 0.25) is 0 Å². The SMILES string of the molecule is CC(C)(C)N(NCl)C(=O)c1ccccc1I. The van der Waals surface area contributed by atoms with Crippen LogP contribution in [0.3, 0.4) is 0 Å². The highest BCUT2D eigenvalue weighted by molar-refractivity contribution is 14.1. The van der Waals surface area contributed by atoms with Crippen LogP contribution >= 0.6 is 34.4 Å². The van der Waals surface area contributed by atoms with Crippen molar-refractivity contribution in [2.24, 2.45) is 0 Å². The first-order valence-corrected chi connectivity index (χ1v) is 6.29. The van der Waals surface area contributed by atoms with Gasteiger partial charge in [0, 0.05) is 3.57 Å². The molecule has 0 saturated heterocycles.